The predicted molar refractivity (Wildman–Crippen MR) is 235 cm³/mol. The molecule has 0 saturated heterocycles. The number of phosphoric acid groups is 1. The van der Waals surface area contributed by atoms with E-state index in [0.29, 0.717) is 17.4 Å². The Hall–Kier alpha value is -1.02. The van der Waals surface area contributed by atoms with Gasteiger partial charge in [-0.05, 0) is 32.1 Å². The molecule has 0 radical (unpaired) electrons. The lowest BCUT2D eigenvalue weighted by molar-refractivity contribution is -0.870. The predicted octanol–water partition coefficient (Wildman–Crippen LogP) is 12.9. The number of rotatable bonds is 42. The number of hydrogen-bond donors (Lipinski definition) is 3. The molecule has 0 saturated carbocycles. The number of aliphatic hydroxyl groups is 1. The average molecular weight is 800 g/mol. The molecule has 0 bridgehead atoms. The van der Waals surface area contributed by atoms with Gasteiger partial charge in [0.25, 0.3) is 0 Å². The summed E-state index contributed by atoms with van der Waals surface area (Å²) in [5.41, 5.74) is 0. The van der Waals surface area contributed by atoms with E-state index in [0.717, 1.165) is 25.7 Å². The summed E-state index contributed by atoms with van der Waals surface area (Å²) >= 11 is 0. The largest absolute Gasteiger partial charge is 0.472 e. The van der Waals surface area contributed by atoms with Crippen LogP contribution in [0, 0.1) is 0 Å². The number of phosphoric ester groups is 1. The molecule has 0 aromatic carbocycles. The second-order valence-electron chi connectivity index (χ2n) is 17.2. The molecule has 0 rings (SSSR count). The Morgan fingerprint density at radius 3 is 1.38 bits per heavy atom. The van der Waals surface area contributed by atoms with Crippen LogP contribution in [0.25, 0.3) is 0 Å². The van der Waals surface area contributed by atoms with Gasteiger partial charge in [0, 0.05) is 6.42 Å². The van der Waals surface area contributed by atoms with Crippen molar-refractivity contribution in [1.29, 1.82) is 0 Å². The van der Waals surface area contributed by atoms with Gasteiger partial charge < -0.3 is 19.8 Å². The number of hydrogen-bond acceptors (Lipinski definition) is 5. The third-order valence-electron chi connectivity index (χ3n) is 10.5. The molecule has 0 aliphatic rings. The summed E-state index contributed by atoms with van der Waals surface area (Å²) in [5, 5.41) is 13.8. The first-order valence-corrected chi connectivity index (χ1v) is 24.7. The number of aliphatic hydroxyl groups excluding tert-OH is 1. The fourth-order valence-electron chi connectivity index (χ4n) is 6.72. The van der Waals surface area contributed by atoms with Crippen molar-refractivity contribution in [1.82, 2.24) is 5.32 Å². The first-order valence-electron chi connectivity index (χ1n) is 23.2. The molecule has 3 atom stereocenters. The van der Waals surface area contributed by atoms with Crippen molar-refractivity contribution < 1.29 is 32.9 Å². The monoisotopic (exact) mass is 800 g/mol. The van der Waals surface area contributed by atoms with Gasteiger partial charge in [0.15, 0.2) is 0 Å². The smallest absolute Gasteiger partial charge is 0.391 e. The Bertz CT molecular complexity index is 953. The van der Waals surface area contributed by atoms with E-state index in [4.69, 9.17) is 9.05 Å². The summed E-state index contributed by atoms with van der Waals surface area (Å²) in [4.78, 5) is 23.1. The van der Waals surface area contributed by atoms with Crippen LogP contribution in [0.15, 0.2) is 24.3 Å². The summed E-state index contributed by atoms with van der Waals surface area (Å²) < 4.78 is 23.5. The first kappa shape index (κ1) is 54.0. The molecule has 0 aliphatic carbocycles. The van der Waals surface area contributed by atoms with Crippen LogP contribution in [0.5, 0.6) is 0 Å². The van der Waals surface area contributed by atoms with Crippen LogP contribution in [-0.4, -0.2) is 73.4 Å². The molecule has 1 amide bonds. The molecular formula is C46H92N2O6P+. The molecule has 9 heteroatoms. The number of quaternary nitrogens is 1. The number of allylic oxidation sites excluding steroid dienone is 2. The van der Waals surface area contributed by atoms with Gasteiger partial charge in [-0.25, -0.2) is 4.57 Å². The Labute approximate surface area is 341 Å². The molecule has 0 spiro atoms. The van der Waals surface area contributed by atoms with Crippen LogP contribution in [0.2, 0.25) is 0 Å². The van der Waals surface area contributed by atoms with Crippen LogP contribution < -0.4 is 5.32 Å². The Kier molecular flexibility index (Phi) is 37.8. The third kappa shape index (κ3) is 41.0. The quantitative estimate of drug-likeness (QED) is 0.0246. The van der Waals surface area contributed by atoms with Crippen molar-refractivity contribution in [2.75, 3.05) is 40.9 Å². The fraction of sp³-hybridized carbons (Fsp3) is 0.891. The van der Waals surface area contributed by atoms with E-state index in [1.54, 1.807) is 0 Å². The molecule has 0 aromatic rings. The van der Waals surface area contributed by atoms with Crippen molar-refractivity contribution >= 4 is 13.7 Å². The van der Waals surface area contributed by atoms with Gasteiger partial charge in [0.1, 0.15) is 13.2 Å². The topological polar surface area (TPSA) is 105 Å². The lowest BCUT2D eigenvalue weighted by Gasteiger charge is -2.26. The minimum Gasteiger partial charge on any atom is -0.391 e. The Balaban J connectivity index is 4.37. The highest BCUT2D eigenvalue weighted by Gasteiger charge is 2.28. The molecule has 8 nitrogen and oxygen atoms in total. The molecule has 1 unspecified atom stereocenters. The lowest BCUT2D eigenvalue weighted by atomic mass is 10.0. The second kappa shape index (κ2) is 38.5. The normalized spacial score (nSPS) is 14.5. The van der Waals surface area contributed by atoms with Crippen molar-refractivity contribution in [3.05, 3.63) is 24.3 Å². The number of likely N-dealkylation sites (N-methyl/N-ethyl adjacent to an activating group) is 1. The first-order chi connectivity index (χ1) is 26.5. The van der Waals surface area contributed by atoms with Crippen molar-refractivity contribution in [3.63, 3.8) is 0 Å². The van der Waals surface area contributed by atoms with Crippen LogP contribution in [0.3, 0.4) is 0 Å². The van der Waals surface area contributed by atoms with Crippen molar-refractivity contribution in [3.8, 4) is 0 Å². The zero-order valence-corrected chi connectivity index (χ0v) is 37.8. The molecule has 326 valence electrons. The van der Waals surface area contributed by atoms with E-state index < -0.39 is 20.0 Å². The highest BCUT2D eigenvalue weighted by Crippen LogP contribution is 2.43. The molecule has 0 fully saturated rings. The van der Waals surface area contributed by atoms with Gasteiger partial charge in [-0.3, -0.25) is 13.8 Å². The van der Waals surface area contributed by atoms with Gasteiger partial charge in [-0.1, -0.05) is 199 Å². The summed E-state index contributed by atoms with van der Waals surface area (Å²) in [6.45, 7) is 4.81. The minimum absolute atomic E-state index is 0.0583. The number of carbonyl (C=O) groups excluding carboxylic acids is 1. The Morgan fingerprint density at radius 1 is 0.600 bits per heavy atom. The second-order valence-corrected chi connectivity index (χ2v) is 18.6. The summed E-state index contributed by atoms with van der Waals surface area (Å²) in [6.07, 6.45) is 45.4. The molecular weight excluding hydrogens is 707 g/mol. The maximum absolute atomic E-state index is 12.8. The van der Waals surface area contributed by atoms with Gasteiger partial charge in [-0.2, -0.15) is 0 Å². The van der Waals surface area contributed by atoms with Crippen LogP contribution in [0.1, 0.15) is 213 Å². The van der Waals surface area contributed by atoms with E-state index in [2.05, 4.69) is 31.3 Å². The number of carbonyl (C=O) groups is 1. The van der Waals surface area contributed by atoms with Gasteiger partial charge in [-0.15, -0.1) is 0 Å². The molecule has 0 aromatic heterocycles. The molecule has 3 N–H and O–H groups in total. The van der Waals surface area contributed by atoms with E-state index in [-0.39, 0.29) is 25.5 Å². The molecule has 0 heterocycles. The van der Waals surface area contributed by atoms with Crippen molar-refractivity contribution in [2.24, 2.45) is 0 Å². The van der Waals surface area contributed by atoms with E-state index in [1.807, 2.05) is 33.3 Å². The summed E-state index contributed by atoms with van der Waals surface area (Å²) in [5.74, 6) is -0.251. The summed E-state index contributed by atoms with van der Waals surface area (Å²) in [6, 6.07) is -0.838. The Morgan fingerprint density at radius 2 is 0.982 bits per heavy atom. The van der Waals surface area contributed by atoms with E-state index in [9.17, 15) is 19.4 Å². The standard InChI is InChI=1S/C46H91N2O6P/c1-6-8-10-12-14-16-18-20-21-22-23-24-25-26-28-30-32-34-36-38-40-46(50)47-44(43-54-55(51,52)53-42-41-48(3,4)5)45(49)39-37-35-33-31-29-27-19-17-15-13-11-9-7-2/h35-38,44-45,49H,6-34,39-43H2,1-5H3,(H-,47,50,51,52)/p+1/t44-,45+/m0/s1. The number of nitrogens with zero attached hydrogens (tertiary/aromatic N) is 1. The van der Waals surface area contributed by atoms with Crippen LogP contribution in [0.4, 0.5) is 0 Å². The maximum atomic E-state index is 12.8. The van der Waals surface area contributed by atoms with Gasteiger partial charge in [0.2, 0.25) is 5.91 Å². The zero-order valence-electron chi connectivity index (χ0n) is 36.9. The highest BCUT2D eigenvalue weighted by molar-refractivity contribution is 7.47. The fourth-order valence-corrected chi connectivity index (χ4v) is 7.46. The summed E-state index contributed by atoms with van der Waals surface area (Å²) in [7, 11) is 1.56. The van der Waals surface area contributed by atoms with Crippen LogP contribution >= 0.6 is 7.82 Å². The average Bonchev–Trinajstić information content (AvgIpc) is 3.13. The minimum atomic E-state index is -4.34. The maximum Gasteiger partial charge on any atom is 0.472 e. The zero-order chi connectivity index (χ0) is 40.7. The van der Waals surface area contributed by atoms with E-state index >= 15 is 0 Å². The van der Waals surface area contributed by atoms with Crippen molar-refractivity contribution in [2.45, 2.75) is 225 Å². The highest BCUT2D eigenvalue weighted by atomic mass is 31.2. The number of amides is 1. The molecule has 55 heavy (non-hydrogen) atoms. The lowest BCUT2D eigenvalue weighted by Crippen LogP contribution is -2.46. The molecule has 0 aliphatic heterocycles. The van der Waals surface area contributed by atoms with E-state index in [1.165, 1.54) is 161 Å². The van der Waals surface area contributed by atoms with Crippen LogP contribution in [-0.2, 0) is 18.4 Å². The SMILES string of the molecule is CCCCCCCCCCCCC=CC[C@@H](O)[C@H](COP(=O)(O)OCC[N+](C)(C)C)NC(=O)CC=CCCCCCCCCCCCCCCCCCCC. The number of nitrogens with one attached hydrogen (secondary N) is 1. The van der Waals surface area contributed by atoms with Gasteiger partial charge >= 0.3 is 7.82 Å². The third-order valence-corrected chi connectivity index (χ3v) is 11.4. The number of unbranched alkanes of at least 4 members (excludes halogenated alkanes) is 27. The van der Waals surface area contributed by atoms with Gasteiger partial charge in [0.05, 0.1) is 39.9 Å².